The van der Waals surface area contributed by atoms with Gasteiger partial charge in [0.1, 0.15) is 0 Å². The second kappa shape index (κ2) is 5.44. The standard InChI is InChI=1S/C16H23N3O/c1-3-17-15(8-11-4-5-11)12-6-7-14-13(9-12)10-19(2)16(20)18-14/h6-7,9,11,15,17H,3-5,8,10H2,1-2H3,(H,18,20). The van der Waals surface area contributed by atoms with Gasteiger partial charge >= 0.3 is 6.03 Å². The fourth-order valence-corrected chi connectivity index (χ4v) is 2.89. The molecule has 1 aliphatic carbocycles. The molecule has 2 aliphatic rings. The molecule has 1 fully saturated rings. The van der Waals surface area contributed by atoms with E-state index >= 15 is 0 Å². The Bertz CT molecular complexity index is 510. The van der Waals surface area contributed by atoms with Gasteiger partial charge in [0.2, 0.25) is 0 Å². The van der Waals surface area contributed by atoms with Crippen molar-refractivity contribution >= 4 is 11.7 Å². The predicted octanol–water partition coefficient (Wildman–Crippen LogP) is 3.11. The Hall–Kier alpha value is -1.55. The first-order chi connectivity index (χ1) is 9.67. The zero-order valence-corrected chi connectivity index (χ0v) is 12.3. The fourth-order valence-electron chi connectivity index (χ4n) is 2.89. The van der Waals surface area contributed by atoms with Gasteiger partial charge < -0.3 is 15.5 Å². The summed E-state index contributed by atoms with van der Waals surface area (Å²) in [5, 5.41) is 6.52. The molecule has 108 valence electrons. The van der Waals surface area contributed by atoms with Gasteiger partial charge in [-0.15, -0.1) is 0 Å². The van der Waals surface area contributed by atoms with Crippen molar-refractivity contribution in [2.24, 2.45) is 5.92 Å². The van der Waals surface area contributed by atoms with Crippen LogP contribution in [0.5, 0.6) is 0 Å². The Morgan fingerprint density at radius 1 is 1.45 bits per heavy atom. The smallest absolute Gasteiger partial charge is 0.321 e. The van der Waals surface area contributed by atoms with Crippen LogP contribution in [0.2, 0.25) is 0 Å². The molecule has 0 spiro atoms. The van der Waals surface area contributed by atoms with Crippen LogP contribution in [0.15, 0.2) is 18.2 Å². The van der Waals surface area contributed by atoms with Crippen molar-refractivity contribution in [3.8, 4) is 0 Å². The second-order valence-corrected chi connectivity index (χ2v) is 5.99. The Morgan fingerprint density at radius 2 is 2.25 bits per heavy atom. The van der Waals surface area contributed by atoms with Crippen LogP contribution in [0.25, 0.3) is 0 Å². The topological polar surface area (TPSA) is 44.4 Å². The molecule has 1 atom stereocenters. The number of hydrogen-bond acceptors (Lipinski definition) is 2. The Morgan fingerprint density at radius 3 is 2.95 bits per heavy atom. The number of anilines is 1. The highest BCUT2D eigenvalue weighted by molar-refractivity contribution is 5.92. The van der Waals surface area contributed by atoms with Crippen LogP contribution in [0.3, 0.4) is 0 Å². The number of rotatable bonds is 5. The van der Waals surface area contributed by atoms with Gasteiger partial charge in [0, 0.05) is 25.3 Å². The Labute approximate surface area is 120 Å². The van der Waals surface area contributed by atoms with Gasteiger partial charge in [-0.3, -0.25) is 0 Å². The summed E-state index contributed by atoms with van der Waals surface area (Å²) in [5.41, 5.74) is 3.52. The first-order valence-corrected chi connectivity index (χ1v) is 7.55. The van der Waals surface area contributed by atoms with E-state index in [1.54, 1.807) is 4.90 Å². The number of carbonyl (C=O) groups excluding carboxylic acids is 1. The number of hydrogen-bond donors (Lipinski definition) is 2. The number of urea groups is 1. The molecule has 4 nitrogen and oxygen atoms in total. The van der Waals surface area contributed by atoms with Crippen molar-refractivity contribution in [3.05, 3.63) is 29.3 Å². The van der Waals surface area contributed by atoms with Crippen LogP contribution in [0.4, 0.5) is 10.5 Å². The summed E-state index contributed by atoms with van der Waals surface area (Å²) < 4.78 is 0. The van der Waals surface area contributed by atoms with Crippen LogP contribution in [-0.2, 0) is 6.54 Å². The molecule has 1 heterocycles. The highest BCUT2D eigenvalue weighted by atomic mass is 16.2. The molecule has 4 heteroatoms. The van der Waals surface area contributed by atoms with Crippen LogP contribution >= 0.6 is 0 Å². The predicted molar refractivity (Wildman–Crippen MR) is 80.7 cm³/mol. The lowest BCUT2D eigenvalue weighted by atomic mass is 9.97. The van der Waals surface area contributed by atoms with E-state index in [-0.39, 0.29) is 6.03 Å². The average Bonchev–Trinajstić information content (AvgIpc) is 3.23. The van der Waals surface area contributed by atoms with Crippen molar-refractivity contribution in [2.75, 3.05) is 18.9 Å². The van der Waals surface area contributed by atoms with Crippen molar-refractivity contribution in [1.29, 1.82) is 0 Å². The summed E-state index contributed by atoms with van der Waals surface area (Å²) in [4.78, 5) is 13.4. The lowest BCUT2D eigenvalue weighted by molar-refractivity contribution is 0.218. The Kier molecular flexibility index (Phi) is 3.66. The number of amides is 2. The summed E-state index contributed by atoms with van der Waals surface area (Å²) in [5.74, 6) is 0.900. The third-order valence-electron chi connectivity index (χ3n) is 4.24. The molecule has 1 unspecified atom stereocenters. The molecule has 0 radical (unpaired) electrons. The third-order valence-corrected chi connectivity index (χ3v) is 4.24. The molecule has 1 aromatic carbocycles. The highest BCUT2D eigenvalue weighted by Gasteiger charge is 2.27. The third kappa shape index (κ3) is 2.80. The summed E-state index contributed by atoms with van der Waals surface area (Å²) >= 11 is 0. The summed E-state index contributed by atoms with van der Waals surface area (Å²) in [6.07, 6.45) is 3.99. The lowest BCUT2D eigenvalue weighted by Gasteiger charge is -2.27. The van der Waals surface area contributed by atoms with Gasteiger partial charge in [-0.1, -0.05) is 31.9 Å². The zero-order valence-electron chi connectivity index (χ0n) is 12.3. The van der Waals surface area contributed by atoms with Crippen LogP contribution < -0.4 is 10.6 Å². The van der Waals surface area contributed by atoms with Crippen molar-refractivity contribution in [3.63, 3.8) is 0 Å². The molecule has 0 saturated heterocycles. The fraction of sp³-hybridized carbons (Fsp3) is 0.562. The molecule has 0 aromatic heterocycles. The first-order valence-electron chi connectivity index (χ1n) is 7.55. The lowest BCUT2D eigenvalue weighted by Crippen LogP contribution is -2.35. The summed E-state index contributed by atoms with van der Waals surface area (Å²) in [6, 6.07) is 6.88. The number of nitrogens with one attached hydrogen (secondary N) is 2. The van der Waals surface area contributed by atoms with Crippen LogP contribution in [-0.4, -0.2) is 24.5 Å². The average molecular weight is 273 g/mol. The van der Waals surface area contributed by atoms with E-state index in [4.69, 9.17) is 0 Å². The van der Waals surface area contributed by atoms with Crippen LogP contribution in [0.1, 0.15) is 43.4 Å². The molecule has 1 saturated carbocycles. The van der Waals surface area contributed by atoms with E-state index in [0.717, 1.165) is 18.2 Å². The molecule has 3 rings (SSSR count). The number of carbonyl (C=O) groups is 1. The van der Waals surface area contributed by atoms with E-state index in [1.165, 1.54) is 30.4 Å². The van der Waals surface area contributed by atoms with E-state index < -0.39 is 0 Å². The van der Waals surface area contributed by atoms with E-state index in [9.17, 15) is 4.79 Å². The van der Waals surface area contributed by atoms with Gasteiger partial charge in [-0.25, -0.2) is 4.79 Å². The monoisotopic (exact) mass is 273 g/mol. The molecule has 1 aromatic rings. The molecule has 2 N–H and O–H groups in total. The van der Waals surface area contributed by atoms with Crippen molar-refractivity contribution in [2.45, 2.75) is 38.8 Å². The molecular weight excluding hydrogens is 250 g/mol. The molecule has 20 heavy (non-hydrogen) atoms. The maximum absolute atomic E-state index is 11.6. The molecule has 0 bridgehead atoms. The molecular formula is C16H23N3O. The maximum atomic E-state index is 11.6. The first kappa shape index (κ1) is 13.4. The van der Waals surface area contributed by atoms with Crippen molar-refractivity contribution < 1.29 is 4.79 Å². The summed E-state index contributed by atoms with van der Waals surface area (Å²) in [6.45, 7) is 3.84. The highest BCUT2D eigenvalue weighted by Crippen LogP contribution is 2.38. The normalized spacial score (nSPS) is 19.5. The number of nitrogens with zero attached hydrogens (tertiary/aromatic N) is 1. The SMILES string of the molecule is CCNC(CC1CC1)c1ccc2c(c1)CN(C)C(=O)N2. The minimum absolute atomic E-state index is 0.0218. The second-order valence-electron chi connectivity index (χ2n) is 5.99. The van der Waals surface area contributed by atoms with Gasteiger partial charge in [0.05, 0.1) is 0 Å². The quantitative estimate of drug-likeness (QED) is 0.865. The number of fused-ring (bicyclic) bond motifs is 1. The largest absolute Gasteiger partial charge is 0.323 e. The van der Waals surface area contributed by atoms with Gasteiger partial charge in [0.25, 0.3) is 0 Å². The molecule has 1 aliphatic heterocycles. The zero-order chi connectivity index (χ0) is 14.1. The van der Waals surface area contributed by atoms with E-state index in [0.29, 0.717) is 12.6 Å². The molecule has 2 amide bonds. The maximum Gasteiger partial charge on any atom is 0.321 e. The van der Waals surface area contributed by atoms with Gasteiger partial charge in [0.15, 0.2) is 0 Å². The van der Waals surface area contributed by atoms with Gasteiger partial charge in [-0.2, -0.15) is 0 Å². The number of benzene rings is 1. The van der Waals surface area contributed by atoms with Crippen molar-refractivity contribution in [1.82, 2.24) is 10.2 Å². The Balaban J connectivity index is 1.82. The summed E-state index contributed by atoms with van der Waals surface area (Å²) in [7, 11) is 1.83. The van der Waals surface area contributed by atoms with Gasteiger partial charge in [-0.05, 0) is 36.1 Å². The van der Waals surface area contributed by atoms with Crippen LogP contribution in [0, 0.1) is 5.92 Å². The minimum Gasteiger partial charge on any atom is -0.323 e. The van der Waals surface area contributed by atoms with E-state index in [1.807, 2.05) is 13.1 Å². The van der Waals surface area contributed by atoms with E-state index in [2.05, 4.69) is 29.7 Å². The minimum atomic E-state index is -0.0218.